The molecule has 23 heteroatoms. The molecule has 0 bridgehead atoms. The molecule has 3 saturated heterocycles. The Kier molecular flexibility index (Phi) is 20.4. The van der Waals surface area contributed by atoms with Gasteiger partial charge in [0.25, 0.3) is 0 Å². The Bertz CT molecular complexity index is 4000. The van der Waals surface area contributed by atoms with Gasteiger partial charge in [-0.2, -0.15) is 19.9 Å². The molecule has 6 aromatic rings. The van der Waals surface area contributed by atoms with Crippen LogP contribution < -0.4 is 29.1 Å². The number of nitrogens with zero attached hydrogens (tertiary/aromatic N) is 15. The van der Waals surface area contributed by atoms with Crippen LogP contribution in [0, 0.1) is 30.9 Å². The van der Waals surface area contributed by atoms with Gasteiger partial charge in [0.1, 0.15) is 34.9 Å². The first kappa shape index (κ1) is 69.5. The van der Waals surface area contributed by atoms with Gasteiger partial charge in [-0.05, 0) is 136 Å². The van der Waals surface area contributed by atoms with Crippen LogP contribution in [0.25, 0.3) is 31.2 Å². The Morgan fingerprint density at radius 1 is 0.592 bits per heavy atom. The van der Waals surface area contributed by atoms with Crippen LogP contribution in [-0.2, 0) is 40.2 Å². The summed E-state index contributed by atoms with van der Waals surface area (Å²) in [4.78, 5) is 85.0. The predicted molar refractivity (Wildman–Crippen MR) is 384 cm³/mol. The molecule has 0 spiro atoms. The van der Waals surface area contributed by atoms with Crippen molar-refractivity contribution in [3.05, 3.63) is 129 Å². The number of anilines is 4. The number of rotatable bonds is 16. The lowest BCUT2D eigenvalue weighted by molar-refractivity contribution is -0.130. The van der Waals surface area contributed by atoms with Crippen molar-refractivity contribution in [3.63, 3.8) is 0 Å². The fourth-order valence-electron chi connectivity index (χ4n) is 14.7. The number of carbonyl (C=O) groups is 3. The molecule has 0 radical (unpaired) electrons. The van der Waals surface area contributed by atoms with Gasteiger partial charge in [-0.25, -0.2) is 22.7 Å². The number of aromatic nitrogens is 4. The molecule has 2 atom stereocenters. The summed E-state index contributed by atoms with van der Waals surface area (Å²) in [6.07, 6.45) is 5.20. The number of fused-ring (bicyclic) bond motifs is 4. The molecule has 7 heterocycles. The number of aryl methyl sites for hydroxylation is 1. The predicted octanol–water partition coefficient (Wildman–Crippen LogP) is 11.1. The van der Waals surface area contributed by atoms with E-state index in [2.05, 4.69) is 121 Å². The van der Waals surface area contributed by atoms with E-state index in [1.54, 1.807) is 16.7 Å². The maximum Gasteiger partial charge on any atom is 0.410 e. The van der Waals surface area contributed by atoms with E-state index in [0.29, 0.717) is 77.6 Å². The van der Waals surface area contributed by atoms with Crippen molar-refractivity contribution < 1.29 is 33.3 Å². The molecular weight excluding hydrogens is 1260 g/mol. The minimum Gasteiger partial charge on any atom is -0.463 e. The molecule has 2 aliphatic carbocycles. The first-order valence-electron chi connectivity index (χ1n) is 34.9. The van der Waals surface area contributed by atoms with Crippen LogP contribution in [0.5, 0.6) is 12.0 Å². The van der Waals surface area contributed by atoms with E-state index in [-0.39, 0.29) is 54.1 Å². The topological polar surface area (TPSA) is 178 Å². The summed E-state index contributed by atoms with van der Waals surface area (Å²) in [5.41, 5.74) is 6.59. The molecule has 5 fully saturated rings. The maximum atomic E-state index is 13.2. The van der Waals surface area contributed by atoms with Crippen LogP contribution in [0.1, 0.15) is 102 Å². The summed E-state index contributed by atoms with van der Waals surface area (Å²) in [5, 5.41) is 5.37. The van der Waals surface area contributed by atoms with Crippen molar-refractivity contribution in [1.29, 1.82) is 0 Å². The van der Waals surface area contributed by atoms with E-state index >= 15 is 0 Å². The largest absolute Gasteiger partial charge is 0.463 e. The third kappa shape index (κ3) is 16.1. The number of hydrogen-bond acceptors (Lipinski definition) is 17. The minimum atomic E-state index is -0.620. The molecule has 13 rings (SSSR count). The van der Waals surface area contributed by atoms with E-state index in [1.807, 2.05) is 58.6 Å². The Labute approximate surface area is 582 Å². The molecule has 3 amide bonds. The lowest BCUT2D eigenvalue weighted by atomic mass is 9.99. The Balaban J connectivity index is 0.000000188. The fourth-order valence-corrected chi connectivity index (χ4v) is 15.0. The average molecular weight is 1360 g/mol. The van der Waals surface area contributed by atoms with Gasteiger partial charge in [0.15, 0.2) is 0 Å². The van der Waals surface area contributed by atoms with Crippen LogP contribution in [0.3, 0.4) is 0 Å². The standard InChI is InChI=1S/C40H52N8O4.C35H44ClN7O3/c1-28-9-7-10-30-11-8-12-34(35(28)30)46-16-13-32-33(25-46)42-37(51-27-40(14-15-40)26-44-17-19-45(20-18-44)29(2)49)43-36(32)47-21-22-48(31(24-47)23-41-6)38(50)52-39(3,4)5;1-34(2,3)46-33(44)43-18-17-42(20-25(43)19-37-4)31-26-13-16-41(29-12-8-10-24-9-7-11-27(36)30(24)29)21-28(26)38-32(39-31)45-23-35(14-15-35)22-40(5)6/h7-12,31H,13-27H2,1-5H3;7-12,25H,13-23H2,1-3,5-6H3/t;25-/m.0/s1. The number of piperazine rings is 3. The quantitative estimate of drug-likeness (QED) is 0.0835. The number of halogens is 1. The summed E-state index contributed by atoms with van der Waals surface area (Å²) in [5.74, 6) is 1.83. The number of ether oxygens (including phenoxy) is 4. The Morgan fingerprint density at radius 3 is 1.51 bits per heavy atom. The van der Waals surface area contributed by atoms with E-state index in [1.165, 1.54) is 22.0 Å². The lowest BCUT2D eigenvalue weighted by Gasteiger charge is -2.41. The summed E-state index contributed by atoms with van der Waals surface area (Å²) >= 11 is 6.73. The van der Waals surface area contributed by atoms with Crippen LogP contribution >= 0.6 is 11.6 Å². The molecule has 4 aromatic carbocycles. The van der Waals surface area contributed by atoms with Crippen LogP contribution in [-0.4, -0.2) is 218 Å². The number of carbonyl (C=O) groups excluding carboxylic acids is 3. The zero-order valence-electron chi connectivity index (χ0n) is 58.9. The van der Waals surface area contributed by atoms with Crippen molar-refractivity contribution in [2.24, 2.45) is 10.8 Å². The molecule has 98 heavy (non-hydrogen) atoms. The first-order chi connectivity index (χ1) is 46.9. The second-order valence-corrected chi connectivity index (χ2v) is 30.7. The van der Waals surface area contributed by atoms with E-state index in [0.717, 1.165) is 147 Å². The molecule has 5 aliphatic heterocycles. The summed E-state index contributed by atoms with van der Waals surface area (Å²) in [7, 11) is 4.19. The van der Waals surface area contributed by atoms with Gasteiger partial charge in [0, 0.05) is 143 Å². The highest BCUT2D eigenvalue weighted by atomic mass is 35.5. The van der Waals surface area contributed by atoms with E-state index in [4.69, 9.17) is 63.6 Å². The second-order valence-electron chi connectivity index (χ2n) is 30.2. The average Bonchev–Trinajstić information content (AvgIpc) is 1.01. The van der Waals surface area contributed by atoms with Gasteiger partial charge < -0.3 is 58.0 Å². The zero-order valence-corrected chi connectivity index (χ0v) is 59.7. The highest BCUT2D eigenvalue weighted by Gasteiger charge is 2.47. The van der Waals surface area contributed by atoms with Crippen molar-refractivity contribution in [1.82, 2.24) is 44.4 Å². The van der Waals surface area contributed by atoms with Crippen molar-refractivity contribution in [2.45, 2.75) is 130 Å². The molecule has 2 aromatic heterocycles. The third-order valence-corrected chi connectivity index (χ3v) is 20.3. The van der Waals surface area contributed by atoms with Gasteiger partial charge in [0.2, 0.25) is 19.0 Å². The van der Waals surface area contributed by atoms with Gasteiger partial charge >= 0.3 is 24.2 Å². The highest BCUT2D eigenvalue weighted by molar-refractivity contribution is 6.36. The fraction of sp³-hybridized carbons (Fsp3) is 0.560. The molecule has 0 N–H and O–H groups in total. The summed E-state index contributed by atoms with van der Waals surface area (Å²) in [6, 6.07) is 25.4. The molecule has 520 valence electrons. The van der Waals surface area contributed by atoms with E-state index < -0.39 is 11.2 Å². The van der Waals surface area contributed by atoms with Crippen LogP contribution in [0.15, 0.2) is 72.8 Å². The van der Waals surface area contributed by atoms with Gasteiger partial charge in [0.05, 0.1) is 42.7 Å². The van der Waals surface area contributed by atoms with Crippen molar-refractivity contribution in [3.8, 4) is 12.0 Å². The summed E-state index contributed by atoms with van der Waals surface area (Å²) < 4.78 is 24.4. The zero-order chi connectivity index (χ0) is 69.3. The Morgan fingerprint density at radius 2 is 1.05 bits per heavy atom. The highest BCUT2D eigenvalue weighted by Crippen LogP contribution is 2.48. The summed E-state index contributed by atoms with van der Waals surface area (Å²) in [6.45, 7) is 42.8. The smallest absolute Gasteiger partial charge is 0.410 e. The third-order valence-electron chi connectivity index (χ3n) is 20.0. The normalized spacial score (nSPS) is 19.8. The monoisotopic (exact) mass is 1350 g/mol. The van der Waals surface area contributed by atoms with E-state index in [9.17, 15) is 14.4 Å². The van der Waals surface area contributed by atoms with Crippen molar-refractivity contribution >= 4 is 74.2 Å². The lowest BCUT2D eigenvalue weighted by Crippen LogP contribution is -2.57. The number of amides is 3. The van der Waals surface area contributed by atoms with Crippen LogP contribution in [0.4, 0.5) is 32.6 Å². The minimum absolute atomic E-state index is 0.0596. The molecular formula is C75H96ClN15O7. The van der Waals surface area contributed by atoms with Gasteiger partial charge in [-0.1, -0.05) is 66.2 Å². The Hall–Kier alpha value is -8.44. The van der Waals surface area contributed by atoms with Gasteiger partial charge in [-0.3, -0.25) is 19.5 Å². The molecule has 7 aliphatic rings. The van der Waals surface area contributed by atoms with Gasteiger partial charge in [-0.15, -0.1) is 0 Å². The number of hydrogen-bond donors (Lipinski definition) is 0. The molecule has 22 nitrogen and oxygen atoms in total. The van der Waals surface area contributed by atoms with Crippen LogP contribution in [0.2, 0.25) is 5.02 Å². The SMILES string of the molecule is [C-]#[N+]CC1CN(c2nc(OCC3(CN4CCN(C(C)=O)CC4)CC3)nc3c2CCN(c2cccc4cccc(C)c24)C3)CCN1C(=O)OC(C)(C)C.[C-]#[N+]C[C@H]1CN(c2nc(OCC3(CN(C)C)CC3)nc3c2CCN(c2cccc4cccc(Cl)c24)C3)CCN1C(=O)OC(C)(C)C. The van der Waals surface area contributed by atoms with Crippen molar-refractivity contribution in [2.75, 3.05) is 152 Å². The second kappa shape index (κ2) is 28.8. The molecule has 2 saturated carbocycles. The maximum absolute atomic E-state index is 13.2. The number of benzene rings is 4. The molecule has 1 unspecified atom stereocenters. The first-order valence-corrected chi connectivity index (χ1v) is 35.2.